The molecule has 0 N–H and O–H groups in total. The monoisotopic (exact) mass is 291 g/mol. The summed E-state index contributed by atoms with van der Waals surface area (Å²) in [5.41, 5.74) is 0. The van der Waals surface area contributed by atoms with Crippen LogP contribution in [0.5, 0.6) is 0 Å². The third-order valence-electron chi connectivity index (χ3n) is 3.69. The zero-order valence-corrected chi connectivity index (χ0v) is 14.3. The molecule has 0 saturated carbocycles. The minimum atomic E-state index is -0.166. The molecule has 3 heteroatoms. The topological polar surface area (TPSA) is 23.8 Å². The van der Waals surface area contributed by atoms with Gasteiger partial charge in [-0.2, -0.15) is 5.26 Å². The molecule has 0 aliphatic heterocycles. The maximum atomic E-state index is 9.51. The molecule has 0 radical (unpaired) electrons. The lowest BCUT2D eigenvalue weighted by Crippen LogP contribution is -2.30. The Morgan fingerprint density at radius 2 is 1.44 bits per heavy atom. The highest BCUT2D eigenvalue weighted by molar-refractivity contribution is 7.19. The van der Waals surface area contributed by atoms with Crippen molar-refractivity contribution in [1.82, 2.24) is 0 Å². The number of nitriles is 1. The zero-order valence-electron chi connectivity index (χ0n) is 12.4. The van der Waals surface area contributed by atoms with Crippen LogP contribution in [0.4, 0.5) is 0 Å². The first-order valence-corrected chi connectivity index (χ1v) is 7.92. The van der Waals surface area contributed by atoms with E-state index in [4.69, 9.17) is 0 Å². The average Bonchev–Trinajstić information content (AvgIpc) is 2.36. The third kappa shape index (κ3) is 7.60. The van der Waals surface area contributed by atoms with Crippen LogP contribution in [0.1, 0.15) is 78.6 Å². The Labute approximate surface area is 123 Å². The second-order valence-electron chi connectivity index (χ2n) is 5.24. The van der Waals surface area contributed by atoms with Crippen molar-refractivity contribution in [2.24, 2.45) is 5.92 Å². The van der Waals surface area contributed by atoms with Gasteiger partial charge in [0, 0.05) is 0 Å². The Morgan fingerprint density at radius 3 is 1.78 bits per heavy atom. The molecule has 0 heterocycles. The van der Waals surface area contributed by atoms with Crippen LogP contribution in [0, 0.1) is 17.2 Å². The fourth-order valence-electron chi connectivity index (χ4n) is 2.38. The predicted octanol–water partition coefficient (Wildman–Crippen LogP) is 5.73. The molecule has 0 aliphatic rings. The molecule has 108 valence electrons. The fraction of sp³-hybridized carbons (Fsp3) is 0.933. The van der Waals surface area contributed by atoms with E-state index in [1.807, 2.05) is 0 Å². The third-order valence-corrected chi connectivity index (χ3v) is 4.58. The SMILES string of the molecule is CCCCC(CCCC)C(P)(C#N)CCCC.Cl. The Balaban J connectivity index is 0. The quantitative estimate of drug-likeness (QED) is 0.471. The largest absolute Gasteiger partial charge is 0.197 e. The Morgan fingerprint density at radius 1 is 1.00 bits per heavy atom. The average molecular weight is 292 g/mol. The van der Waals surface area contributed by atoms with E-state index in [-0.39, 0.29) is 17.6 Å². The van der Waals surface area contributed by atoms with Gasteiger partial charge in [0.1, 0.15) is 0 Å². The second-order valence-corrected chi connectivity index (χ2v) is 6.27. The van der Waals surface area contributed by atoms with Crippen molar-refractivity contribution < 1.29 is 0 Å². The molecule has 0 aliphatic carbocycles. The van der Waals surface area contributed by atoms with Crippen molar-refractivity contribution in [3.63, 3.8) is 0 Å². The van der Waals surface area contributed by atoms with Crippen molar-refractivity contribution in [2.45, 2.75) is 83.7 Å². The highest BCUT2D eigenvalue weighted by Crippen LogP contribution is 2.39. The lowest BCUT2D eigenvalue weighted by Gasteiger charge is -2.32. The van der Waals surface area contributed by atoms with Crippen molar-refractivity contribution in [3.8, 4) is 6.07 Å². The second kappa shape index (κ2) is 12.3. The van der Waals surface area contributed by atoms with Crippen LogP contribution >= 0.6 is 21.6 Å². The molecule has 0 spiro atoms. The van der Waals surface area contributed by atoms with Crippen LogP contribution < -0.4 is 0 Å². The summed E-state index contributed by atoms with van der Waals surface area (Å²) in [6.07, 6.45) is 10.8. The van der Waals surface area contributed by atoms with E-state index in [0.717, 1.165) is 6.42 Å². The maximum absolute atomic E-state index is 9.51. The van der Waals surface area contributed by atoms with Crippen LogP contribution in [-0.4, -0.2) is 5.16 Å². The minimum Gasteiger partial charge on any atom is -0.197 e. The normalized spacial score (nSPS) is 13.8. The highest BCUT2D eigenvalue weighted by atomic mass is 35.5. The van der Waals surface area contributed by atoms with E-state index < -0.39 is 0 Å². The van der Waals surface area contributed by atoms with E-state index in [9.17, 15) is 5.26 Å². The van der Waals surface area contributed by atoms with Crippen molar-refractivity contribution >= 4 is 21.6 Å². The van der Waals surface area contributed by atoms with E-state index >= 15 is 0 Å². The van der Waals surface area contributed by atoms with Crippen molar-refractivity contribution in [3.05, 3.63) is 0 Å². The summed E-state index contributed by atoms with van der Waals surface area (Å²) in [5.74, 6) is 0.573. The number of unbranched alkanes of at least 4 members (excludes halogenated alkanes) is 3. The van der Waals surface area contributed by atoms with Crippen LogP contribution in [0.15, 0.2) is 0 Å². The molecule has 0 aromatic heterocycles. The lowest BCUT2D eigenvalue weighted by molar-refractivity contribution is 0.342. The molecule has 0 fully saturated rings. The number of rotatable bonds is 10. The molecule has 0 rings (SSSR count). The van der Waals surface area contributed by atoms with E-state index in [1.165, 1.54) is 51.4 Å². The fourth-order valence-corrected chi connectivity index (χ4v) is 2.92. The van der Waals surface area contributed by atoms with Gasteiger partial charge in [0.2, 0.25) is 0 Å². The van der Waals surface area contributed by atoms with Crippen LogP contribution in [0.3, 0.4) is 0 Å². The molecular weight excluding hydrogens is 261 g/mol. The molecule has 0 bridgehead atoms. The summed E-state index contributed by atoms with van der Waals surface area (Å²) >= 11 is 0. The molecule has 0 saturated heterocycles. The van der Waals surface area contributed by atoms with Crippen molar-refractivity contribution in [1.29, 1.82) is 5.26 Å². The molecular formula is C15H31ClNP. The summed E-state index contributed by atoms with van der Waals surface area (Å²) in [4.78, 5) is 0. The van der Waals surface area contributed by atoms with Gasteiger partial charge in [0.15, 0.2) is 0 Å². The summed E-state index contributed by atoms with van der Waals surface area (Å²) in [6.45, 7) is 6.68. The van der Waals surface area contributed by atoms with Gasteiger partial charge in [-0.1, -0.05) is 59.3 Å². The molecule has 0 aromatic carbocycles. The summed E-state index contributed by atoms with van der Waals surface area (Å²) < 4.78 is 0. The number of hydrogen-bond acceptors (Lipinski definition) is 1. The molecule has 18 heavy (non-hydrogen) atoms. The van der Waals surface area contributed by atoms with Gasteiger partial charge in [0.05, 0.1) is 11.2 Å². The van der Waals surface area contributed by atoms with E-state index in [2.05, 4.69) is 36.1 Å². The van der Waals surface area contributed by atoms with Crippen molar-refractivity contribution in [2.75, 3.05) is 0 Å². The smallest absolute Gasteiger partial charge is 0.0740 e. The Bertz CT molecular complexity index is 219. The zero-order chi connectivity index (χ0) is 13.1. The molecule has 1 nitrogen and oxygen atoms in total. The number of nitrogens with zero attached hydrogens (tertiary/aromatic N) is 1. The van der Waals surface area contributed by atoms with Gasteiger partial charge in [0.25, 0.3) is 0 Å². The Hall–Kier alpha value is 0.210. The Kier molecular flexibility index (Phi) is 14.0. The van der Waals surface area contributed by atoms with Gasteiger partial charge < -0.3 is 0 Å². The van der Waals surface area contributed by atoms with Gasteiger partial charge in [-0.15, -0.1) is 21.6 Å². The standard InChI is InChI=1S/C15H30NP.ClH/c1-4-7-10-14(11-8-5-2)15(17,13-16)12-9-6-3;/h14H,4-12,17H2,1-3H3;1H. The van der Waals surface area contributed by atoms with E-state index in [1.54, 1.807) is 0 Å². The van der Waals surface area contributed by atoms with E-state index in [0.29, 0.717) is 5.92 Å². The minimum absolute atomic E-state index is 0. The first-order chi connectivity index (χ1) is 8.14. The molecule has 0 amide bonds. The van der Waals surface area contributed by atoms with Gasteiger partial charge in [-0.25, -0.2) is 0 Å². The first kappa shape index (κ1) is 20.5. The summed E-state index contributed by atoms with van der Waals surface area (Å²) in [6, 6.07) is 2.59. The van der Waals surface area contributed by atoms with Crippen LogP contribution in [0.25, 0.3) is 0 Å². The van der Waals surface area contributed by atoms with Crippen LogP contribution in [0.2, 0.25) is 0 Å². The van der Waals surface area contributed by atoms with Gasteiger partial charge in [-0.05, 0) is 25.2 Å². The summed E-state index contributed by atoms with van der Waals surface area (Å²) in [5, 5.41) is 9.34. The van der Waals surface area contributed by atoms with Gasteiger partial charge in [-0.3, -0.25) is 0 Å². The molecule has 2 atom stereocenters. The lowest BCUT2D eigenvalue weighted by atomic mass is 9.81. The summed E-state index contributed by atoms with van der Waals surface area (Å²) in [7, 11) is 2.89. The number of hydrogen-bond donors (Lipinski definition) is 0. The highest BCUT2D eigenvalue weighted by Gasteiger charge is 2.32. The molecule has 0 aromatic rings. The maximum Gasteiger partial charge on any atom is 0.0740 e. The first-order valence-electron chi connectivity index (χ1n) is 7.34. The number of halogens is 1. The molecule has 2 unspecified atom stereocenters. The van der Waals surface area contributed by atoms with Gasteiger partial charge >= 0.3 is 0 Å². The van der Waals surface area contributed by atoms with Crippen LogP contribution in [-0.2, 0) is 0 Å². The predicted molar refractivity (Wildman–Crippen MR) is 87.4 cm³/mol.